The summed E-state index contributed by atoms with van der Waals surface area (Å²) in [6.07, 6.45) is 0.0571. The molecule has 1 aromatic heterocycles. The molecule has 0 amide bonds. The van der Waals surface area contributed by atoms with Gasteiger partial charge in [0.15, 0.2) is 0 Å². The minimum Gasteiger partial charge on any atom is -0.490 e. The van der Waals surface area contributed by atoms with E-state index in [1.54, 1.807) is 6.07 Å². The minimum absolute atomic E-state index is 0. The normalized spacial score (nSPS) is 18.2. The summed E-state index contributed by atoms with van der Waals surface area (Å²) in [5.41, 5.74) is 1.07. The van der Waals surface area contributed by atoms with Crippen molar-refractivity contribution in [3.63, 3.8) is 0 Å². The number of rotatable bonds is 3. The maximum atomic E-state index is 11.3. The van der Waals surface area contributed by atoms with Gasteiger partial charge in [0.2, 0.25) is 0 Å². The van der Waals surface area contributed by atoms with Crippen LogP contribution in [0.5, 0.6) is 5.75 Å². The van der Waals surface area contributed by atoms with Gasteiger partial charge in [0.05, 0.1) is 6.61 Å². The van der Waals surface area contributed by atoms with E-state index in [1.807, 2.05) is 19.1 Å². The Hall–Kier alpha value is -1.56. The van der Waals surface area contributed by atoms with Gasteiger partial charge >= 0.3 is 5.63 Å². The molecule has 3 rings (SSSR count). The number of nitrogens with one attached hydrogen (secondary N) is 1. The smallest absolute Gasteiger partial charge is 0.336 e. The van der Waals surface area contributed by atoms with E-state index in [0.29, 0.717) is 18.8 Å². The third-order valence-corrected chi connectivity index (χ3v) is 3.42. The van der Waals surface area contributed by atoms with E-state index < -0.39 is 0 Å². The predicted octanol–water partition coefficient (Wildman–Crippen LogP) is 1.89. The first kappa shape index (κ1) is 15.8. The molecule has 2 aromatic rings. The molecule has 2 heterocycles. The molecule has 1 N–H and O–H groups in total. The fourth-order valence-electron chi connectivity index (χ4n) is 2.32. The van der Waals surface area contributed by atoms with E-state index in [2.05, 4.69) is 5.32 Å². The van der Waals surface area contributed by atoms with Crippen LogP contribution in [0.15, 0.2) is 33.5 Å². The molecule has 1 aliphatic heterocycles. The number of fused-ring (bicyclic) bond motifs is 1. The van der Waals surface area contributed by atoms with Gasteiger partial charge in [-0.05, 0) is 25.1 Å². The van der Waals surface area contributed by atoms with Crippen LogP contribution >= 0.6 is 12.4 Å². The van der Waals surface area contributed by atoms with Crippen molar-refractivity contribution in [3.8, 4) is 5.75 Å². The first-order valence-electron chi connectivity index (χ1n) is 6.72. The van der Waals surface area contributed by atoms with Crippen LogP contribution in [-0.2, 0) is 4.74 Å². The molecular weight excluding hydrogens is 294 g/mol. The Morgan fingerprint density at radius 3 is 2.90 bits per heavy atom. The Balaban J connectivity index is 0.00000161. The second-order valence-corrected chi connectivity index (χ2v) is 4.87. The van der Waals surface area contributed by atoms with Gasteiger partial charge in [-0.2, -0.15) is 0 Å². The number of halogens is 1. The molecule has 1 unspecified atom stereocenters. The summed E-state index contributed by atoms with van der Waals surface area (Å²) in [5.74, 6) is 0.723. The van der Waals surface area contributed by atoms with Crippen LogP contribution in [0.3, 0.4) is 0 Å². The maximum Gasteiger partial charge on any atom is 0.336 e. The van der Waals surface area contributed by atoms with Crippen LogP contribution in [0.1, 0.15) is 5.56 Å². The third kappa shape index (κ3) is 3.56. The Labute approximate surface area is 128 Å². The zero-order valence-corrected chi connectivity index (χ0v) is 12.6. The van der Waals surface area contributed by atoms with Crippen molar-refractivity contribution in [1.82, 2.24) is 5.32 Å². The summed E-state index contributed by atoms with van der Waals surface area (Å²) in [6, 6.07) is 6.96. The quantitative estimate of drug-likeness (QED) is 0.877. The molecule has 1 saturated heterocycles. The van der Waals surface area contributed by atoms with Gasteiger partial charge in [-0.15, -0.1) is 12.4 Å². The highest BCUT2D eigenvalue weighted by Crippen LogP contribution is 2.26. The standard InChI is InChI=1S/C15H17NO4.ClH/c1-10-13(19-9-12-8-16-6-7-18-12)4-2-11-3-5-14(17)20-15(10)11;/h2-5,12,16H,6-9H2,1H3;1H. The lowest BCUT2D eigenvalue weighted by Gasteiger charge is -2.24. The van der Waals surface area contributed by atoms with Gasteiger partial charge in [0, 0.05) is 30.1 Å². The third-order valence-electron chi connectivity index (χ3n) is 3.42. The first-order valence-corrected chi connectivity index (χ1v) is 6.72. The lowest BCUT2D eigenvalue weighted by molar-refractivity contribution is 0.0000795. The van der Waals surface area contributed by atoms with Crippen molar-refractivity contribution in [2.45, 2.75) is 13.0 Å². The highest BCUT2D eigenvalue weighted by Gasteiger charge is 2.15. The topological polar surface area (TPSA) is 60.7 Å². The molecule has 0 radical (unpaired) electrons. The summed E-state index contributed by atoms with van der Waals surface area (Å²) in [4.78, 5) is 11.3. The maximum absolute atomic E-state index is 11.3. The van der Waals surface area contributed by atoms with Crippen LogP contribution in [0.4, 0.5) is 0 Å². The van der Waals surface area contributed by atoms with Crippen LogP contribution in [0.25, 0.3) is 11.0 Å². The summed E-state index contributed by atoms with van der Waals surface area (Å²) in [6.45, 7) is 4.76. The largest absolute Gasteiger partial charge is 0.490 e. The molecule has 0 bridgehead atoms. The van der Waals surface area contributed by atoms with Crippen molar-refractivity contribution < 1.29 is 13.9 Å². The summed E-state index contributed by atoms with van der Waals surface area (Å²) in [7, 11) is 0. The molecule has 1 fully saturated rings. The Morgan fingerprint density at radius 1 is 1.33 bits per heavy atom. The molecule has 0 saturated carbocycles. The van der Waals surface area contributed by atoms with Gasteiger partial charge in [-0.25, -0.2) is 4.79 Å². The molecule has 0 aliphatic carbocycles. The summed E-state index contributed by atoms with van der Waals surface area (Å²) in [5, 5.41) is 4.15. The second-order valence-electron chi connectivity index (χ2n) is 4.87. The number of morpholine rings is 1. The number of benzene rings is 1. The molecule has 0 spiro atoms. The Bertz CT molecular complexity index is 664. The Kier molecular flexibility index (Phi) is 5.22. The fraction of sp³-hybridized carbons (Fsp3) is 0.400. The Morgan fingerprint density at radius 2 is 2.14 bits per heavy atom. The highest BCUT2D eigenvalue weighted by atomic mass is 35.5. The van der Waals surface area contributed by atoms with Gasteiger partial charge < -0.3 is 19.2 Å². The van der Waals surface area contributed by atoms with Gasteiger partial charge in [0.25, 0.3) is 0 Å². The lowest BCUT2D eigenvalue weighted by Crippen LogP contribution is -2.41. The van der Waals surface area contributed by atoms with E-state index in [-0.39, 0.29) is 24.1 Å². The van der Waals surface area contributed by atoms with E-state index in [0.717, 1.165) is 29.8 Å². The predicted molar refractivity (Wildman–Crippen MR) is 82.6 cm³/mol. The highest BCUT2D eigenvalue weighted by molar-refractivity contribution is 5.85. The van der Waals surface area contributed by atoms with E-state index >= 15 is 0 Å². The van der Waals surface area contributed by atoms with Crippen LogP contribution in [-0.4, -0.2) is 32.4 Å². The van der Waals surface area contributed by atoms with Crippen LogP contribution < -0.4 is 15.7 Å². The lowest BCUT2D eigenvalue weighted by atomic mass is 10.1. The average molecular weight is 312 g/mol. The van der Waals surface area contributed by atoms with Crippen molar-refractivity contribution in [1.29, 1.82) is 0 Å². The van der Waals surface area contributed by atoms with Gasteiger partial charge in [-0.3, -0.25) is 0 Å². The molecule has 114 valence electrons. The van der Waals surface area contributed by atoms with E-state index in [9.17, 15) is 4.79 Å². The van der Waals surface area contributed by atoms with Crippen molar-refractivity contribution >= 4 is 23.4 Å². The molecule has 5 nitrogen and oxygen atoms in total. The summed E-state index contributed by atoms with van der Waals surface area (Å²) >= 11 is 0. The second kappa shape index (κ2) is 6.93. The molecule has 1 aliphatic rings. The van der Waals surface area contributed by atoms with Crippen LogP contribution in [0.2, 0.25) is 0 Å². The fourth-order valence-corrected chi connectivity index (χ4v) is 2.32. The number of hydrogen-bond donors (Lipinski definition) is 1. The van der Waals surface area contributed by atoms with Crippen molar-refractivity contribution in [2.24, 2.45) is 0 Å². The molecule has 1 atom stereocenters. The molecular formula is C15H18ClNO4. The van der Waals surface area contributed by atoms with E-state index in [1.165, 1.54) is 6.07 Å². The molecule has 6 heteroatoms. The SMILES string of the molecule is Cc1c(OCC2CNCCO2)ccc2ccc(=O)oc12.Cl. The van der Waals surface area contributed by atoms with Gasteiger partial charge in [-0.1, -0.05) is 0 Å². The number of ether oxygens (including phenoxy) is 2. The molecule has 21 heavy (non-hydrogen) atoms. The minimum atomic E-state index is -0.349. The van der Waals surface area contributed by atoms with Crippen molar-refractivity contribution in [3.05, 3.63) is 40.2 Å². The average Bonchev–Trinajstić information content (AvgIpc) is 2.48. The first-order chi connectivity index (χ1) is 9.74. The molecule has 1 aromatic carbocycles. The van der Waals surface area contributed by atoms with Crippen molar-refractivity contribution in [2.75, 3.05) is 26.3 Å². The number of aryl methyl sites for hydroxylation is 1. The van der Waals surface area contributed by atoms with E-state index in [4.69, 9.17) is 13.9 Å². The number of hydrogen-bond acceptors (Lipinski definition) is 5. The van der Waals surface area contributed by atoms with Crippen LogP contribution in [0, 0.1) is 6.92 Å². The summed E-state index contributed by atoms with van der Waals surface area (Å²) < 4.78 is 16.6. The zero-order chi connectivity index (χ0) is 13.9. The zero-order valence-electron chi connectivity index (χ0n) is 11.8. The van der Waals surface area contributed by atoms with Gasteiger partial charge in [0.1, 0.15) is 24.0 Å². The monoisotopic (exact) mass is 311 g/mol.